The van der Waals surface area contributed by atoms with Gasteiger partial charge in [0.2, 0.25) is 21.4 Å². The Balaban J connectivity index is 2.39. The Kier molecular flexibility index (Phi) is 2.63. The van der Waals surface area contributed by atoms with Crippen LogP contribution in [-0.4, -0.2) is 42.5 Å². The number of hydrogen-bond acceptors (Lipinski definition) is 5. The standard InChI is InChI=1S/C9H11N3O3S/c1-16(14,15)9-10-4-7-5-12(6-13)3-2-8(7)11-9/h4,6H,2-3,5H2,1H3. The molecule has 0 unspecified atom stereocenters. The van der Waals surface area contributed by atoms with E-state index < -0.39 is 9.84 Å². The molecule has 0 fully saturated rings. The van der Waals surface area contributed by atoms with E-state index in [4.69, 9.17) is 0 Å². The Hall–Kier alpha value is -1.50. The van der Waals surface area contributed by atoms with Crippen LogP contribution in [0.2, 0.25) is 0 Å². The summed E-state index contributed by atoms with van der Waals surface area (Å²) in [6, 6.07) is 0. The van der Waals surface area contributed by atoms with E-state index in [-0.39, 0.29) is 5.16 Å². The summed E-state index contributed by atoms with van der Waals surface area (Å²) in [4.78, 5) is 20.0. The summed E-state index contributed by atoms with van der Waals surface area (Å²) in [5.74, 6) is 0. The molecular weight excluding hydrogens is 230 g/mol. The molecule has 0 aliphatic carbocycles. The van der Waals surface area contributed by atoms with Gasteiger partial charge < -0.3 is 4.90 Å². The topological polar surface area (TPSA) is 80.2 Å². The van der Waals surface area contributed by atoms with Gasteiger partial charge in [-0.3, -0.25) is 4.79 Å². The number of amides is 1. The quantitative estimate of drug-likeness (QED) is 0.510. The lowest BCUT2D eigenvalue weighted by atomic mass is 10.1. The first-order chi connectivity index (χ1) is 7.50. The van der Waals surface area contributed by atoms with Gasteiger partial charge in [0.05, 0.1) is 5.69 Å². The second-order valence-corrected chi connectivity index (χ2v) is 5.63. The summed E-state index contributed by atoms with van der Waals surface area (Å²) in [6.45, 7) is 1.01. The molecule has 0 aromatic carbocycles. The average molecular weight is 241 g/mol. The summed E-state index contributed by atoms with van der Waals surface area (Å²) >= 11 is 0. The van der Waals surface area contributed by atoms with Crippen LogP contribution < -0.4 is 0 Å². The zero-order valence-electron chi connectivity index (χ0n) is 8.75. The number of carbonyl (C=O) groups is 1. The van der Waals surface area contributed by atoms with Gasteiger partial charge in [0.1, 0.15) is 0 Å². The van der Waals surface area contributed by atoms with Crippen molar-refractivity contribution in [3.05, 3.63) is 17.5 Å². The highest BCUT2D eigenvalue weighted by Gasteiger charge is 2.19. The third-order valence-electron chi connectivity index (χ3n) is 2.42. The van der Waals surface area contributed by atoms with E-state index in [1.165, 1.54) is 6.20 Å². The molecule has 0 atom stereocenters. The lowest BCUT2D eigenvalue weighted by Gasteiger charge is -2.24. The average Bonchev–Trinajstić information content (AvgIpc) is 2.26. The lowest BCUT2D eigenvalue weighted by molar-refractivity contribution is -0.118. The zero-order valence-corrected chi connectivity index (χ0v) is 9.57. The molecule has 2 rings (SSSR count). The highest BCUT2D eigenvalue weighted by atomic mass is 32.2. The molecule has 0 spiro atoms. The van der Waals surface area contributed by atoms with Crippen LogP contribution in [0, 0.1) is 0 Å². The first-order valence-electron chi connectivity index (χ1n) is 4.75. The van der Waals surface area contributed by atoms with E-state index in [1.54, 1.807) is 4.90 Å². The number of aromatic nitrogens is 2. The van der Waals surface area contributed by atoms with Crippen LogP contribution in [0.25, 0.3) is 0 Å². The Morgan fingerprint density at radius 2 is 2.25 bits per heavy atom. The Morgan fingerprint density at radius 3 is 2.88 bits per heavy atom. The second-order valence-electron chi connectivity index (χ2n) is 3.72. The molecule has 7 heteroatoms. The van der Waals surface area contributed by atoms with Crippen molar-refractivity contribution in [3.63, 3.8) is 0 Å². The number of nitrogens with zero attached hydrogens (tertiary/aromatic N) is 3. The molecule has 1 aliphatic rings. The molecule has 1 aromatic rings. The van der Waals surface area contributed by atoms with E-state index >= 15 is 0 Å². The Morgan fingerprint density at radius 1 is 1.50 bits per heavy atom. The van der Waals surface area contributed by atoms with Crippen molar-refractivity contribution in [2.75, 3.05) is 12.8 Å². The SMILES string of the molecule is CS(=O)(=O)c1ncc2c(n1)CCN(C=O)C2. The van der Waals surface area contributed by atoms with E-state index in [1.807, 2.05) is 0 Å². The highest BCUT2D eigenvalue weighted by molar-refractivity contribution is 7.90. The largest absolute Gasteiger partial charge is 0.340 e. The van der Waals surface area contributed by atoms with E-state index in [0.29, 0.717) is 25.2 Å². The van der Waals surface area contributed by atoms with Crippen molar-refractivity contribution in [1.82, 2.24) is 14.9 Å². The summed E-state index contributed by atoms with van der Waals surface area (Å²) in [7, 11) is -3.36. The van der Waals surface area contributed by atoms with Crippen LogP contribution in [0.3, 0.4) is 0 Å². The molecule has 0 N–H and O–H groups in total. The summed E-state index contributed by atoms with van der Waals surface area (Å²) < 4.78 is 22.5. The molecule has 6 nitrogen and oxygen atoms in total. The van der Waals surface area contributed by atoms with Gasteiger partial charge in [-0.2, -0.15) is 0 Å². The van der Waals surface area contributed by atoms with Gasteiger partial charge in [0.25, 0.3) is 0 Å². The van der Waals surface area contributed by atoms with Gasteiger partial charge in [-0.15, -0.1) is 0 Å². The monoisotopic (exact) mass is 241 g/mol. The molecule has 1 aliphatic heterocycles. The van der Waals surface area contributed by atoms with E-state index in [2.05, 4.69) is 9.97 Å². The van der Waals surface area contributed by atoms with Crippen molar-refractivity contribution in [2.24, 2.45) is 0 Å². The van der Waals surface area contributed by atoms with Crippen LogP contribution in [0.15, 0.2) is 11.4 Å². The molecule has 16 heavy (non-hydrogen) atoms. The maximum absolute atomic E-state index is 11.2. The third kappa shape index (κ3) is 2.04. The molecule has 0 saturated heterocycles. The number of rotatable bonds is 2. The van der Waals surface area contributed by atoms with Gasteiger partial charge in [-0.05, 0) is 0 Å². The van der Waals surface area contributed by atoms with Crippen molar-refractivity contribution in [1.29, 1.82) is 0 Å². The van der Waals surface area contributed by atoms with Gasteiger partial charge in [-0.25, -0.2) is 18.4 Å². The first-order valence-corrected chi connectivity index (χ1v) is 6.64. The predicted octanol–water partition coefficient (Wildman–Crippen LogP) is -0.605. The van der Waals surface area contributed by atoms with Gasteiger partial charge in [0, 0.05) is 37.5 Å². The summed E-state index contributed by atoms with van der Waals surface area (Å²) in [6.07, 6.45) is 3.90. The molecule has 0 saturated carbocycles. The number of carbonyl (C=O) groups excluding carboxylic acids is 1. The van der Waals surface area contributed by atoms with Gasteiger partial charge in [0.15, 0.2) is 0 Å². The summed E-state index contributed by atoms with van der Waals surface area (Å²) in [5, 5.41) is -0.147. The maximum atomic E-state index is 11.2. The van der Waals surface area contributed by atoms with E-state index in [0.717, 1.165) is 18.2 Å². The first kappa shape index (κ1) is 11.0. The van der Waals surface area contributed by atoms with Crippen LogP contribution >= 0.6 is 0 Å². The Labute approximate surface area is 93.2 Å². The molecule has 0 radical (unpaired) electrons. The molecule has 1 aromatic heterocycles. The zero-order chi connectivity index (χ0) is 11.8. The van der Waals surface area contributed by atoms with Crippen molar-refractivity contribution in [3.8, 4) is 0 Å². The van der Waals surface area contributed by atoms with Crippen LogP contribution in [-0.2, 0) is 27.6 Å². The fourth-order valence-corrected chi connectivity index (χ4v) is 2.11. The lowest BCUT2D eigenvalue weighted by Crippen LogP contribution is -2.30. The predicted molar refractivity (Wildman–Crippen MR) is 55.3 cm³/mol. The molecule has 86 valence electrons. The van der Waals surface area contributed by atoms with Crippen LogP contribution in [0.1, 0.15) is 11.3 Å². The highest BCUT2D eigenvalue weighted by Crippen LogP contribution is 2.16. The number of fused-ring (bicyclic) bond motifs is 1. The van der Waals surface area contributed by atoms with E-state index in [9.17, 15) is 13.2 Å². The smallest absolute Gasteiger partial charge is 0.246 e. The maximum Gasteiger partial charge on any atom is 0.246 e. The van der Waals surface area contributed by atoms with Crippen LogP contribution in [0.5, 0.6) is 0 Å². The molecule has 0 bridgehead atoms. The second kappa shape index (κ2) is 3.82. The minimum Gasteiger partial charge on any atom is -0.340 e. The fraction of sp³-hybridized carbons (Fsp3) is 0.444. The minimum atomic E-state index is -3.36. The van der Waals surface area contributed by atoms with Gasteiger partial charge in [-0.1, -0.05) is 0 Å². The third-order valence-corrected chi connectivity index (χ3v) is 3.28. The van der Waals surface area contributed by atoms with Crippen LogP contribution in [0.4, 0.5) is 0 Å². The molecule has 2 heterocycles. The molecule has 1 amide bonds. The summed E-state index contributed by atoms with van der Waals surface area (Å²) in [5.41, 5.74) is 1.53. The van der Waals surface area contributed by atoms with Crippen molar-refractivity contribution >= 4 is 16.2 Å². The van der Waals surface area contributed by atoms with Gasteiger partial charge >= 0.3 is 0 Å². The Bertz CT molecular complexity index is 527. The normalized spacial score (nSPS) is 15.7. The number of sulfone groups is 1. The minimum absolute atomic E-state index is 0.147. The fourth-order valence-electron chi connectivity index (χ4n) is 1.59. The molecular formula is C9H11N3O3S. The number of hydrogen-bond donors (Lipinski definition) is 0. The van der Waals surface area contributed by atoms with Crippen molar-refractivity contribution < 1.29 is 13.2 Å². The van der Waals surface area contributed by atoms with Crippen molar-refractivity contribution in [2.45, 2.75) is 18.1 Å².